The number of carboxylic acid groups (broad SMARTS) is 1. The van der Waals surface area contributed by atoms with Crippen molar-refractivity contribution in [2.45, 2.75) is 58.7 Å². The maximum absolute atomic E-state index is 12.7. The van der Waals surface area contributed by atoms with E-state index in [2.05, 4.69) is 10.6 Å². The van der Waals surface area contributed by atoms with Crippen LogP contribution in [0.25, 0.3) is 0 Å². The van der Waals surface area contributed by atoms with Crippen LogP contribution in [0.15, 0.2) is 24.3 Å². The van der Waals surface area contributed by atoms with Crippen molar-refractivity contribution < 1.29 is 24.6 Å². The number of nitrogens with two attached hydrogens (primary N) is 1. The minimum Gasteiger partial charge on any atom is -0.508 e. The van der Waals surface area contributed by atoms with Crippen molar-refractivity contribution >= 4 is 17.8 Å². The van der Waals surface area contributed by atoms with E-state index >= 15 is 0 Å². The first-order chi connectivity index (χ1) is 13.0. The van der Waals surface area contributed by atoms with E-state index in [1.165, 1.54) is 12.1 Å². The van der Waals surface area contributed by atoms with Crippen LogP contribution in [-0.4, -0.2) is 46.1 Å². The van der Waals surface area contributed by atoms with Gasteiger partial charge in [-0.2, -0.15) is 0 Å². The van der Waals surface area contributed by atoms with Gasteiger partial charge < -0.3 is 26.6 Å². The normalized spacial score (nSPS) is 14.4. The van der Waals surface area contributed by atoms with Crippen molar-refractivity contribution in [2.24, 2.45) is 17.6 Å². The summed E-state index contributed by atoms with van der Waals surface area (Å²) in [5.74, 6) is -2.15. The van der Waals surface area contributed by atoms with Crippen LogP contribution in [0.4, 0.5) is 0 Å². The van der Waals surface area contributed by atoms with Crippen molar-refractivity contribution in [3.05, 3.63) is 29.8 Å². The second-order valence-electron chi connectivity index (χ2n) is 7.74. The maximum Gasteiger partial charge on any atom is 0.326 e. The largest absolute Gasteiger partial charge is 0.508 e. The van der Waals surface area contributed by atoms with E-state index in [4.69, 9.17) is 5.73 Å². The molecule has 6 N–H and O–H groups in total. The van der Waals surface area contributed by atoms with Crippen LogP contribution in [0.5, 0.6) is 5.75 Å². The van der Waals surface area contributed by atoms with Crippen molar-refractivity contribution in [2.75, 3.05) is 0 Å². The van der Waals surface area contributed by atoms with Gasteiger partial charge >= 0.3 is 5.97 Å². The number of phenolic OH excluding ortho intramolecular Hbond substituents is 1. The Morgan fingerprint density at radius 2 is 1.57 bits per heavy atom. The molecule has 1 aromatic carbocycles. The highest BCUT2D eigenvalue weighted by molar-refractivity contribution is 5.92. The Hall–Kier alpha value is -2.61. The maximum atomic E-state index is 12.7. The van der Waals surface area contributed by atoms with E-state index in [1.54, 1.807) is 26.0 Å². The van der Waals surface area contributed by atoms with Crippen molar-refractivity contribution in [1.82, 2.24) is 10.6 Å². The van der Waals surface area contributed by atoms with Gasteiger partial charge in [0.25, 0.3) is 0 Å². The highest BCUT2D eigenvalue weighted by Crippen LogP contribution is 2.12. The number of nitrogens with one attached hydrogen (secondary N) is 2. The molecule has 0 aliphatic rings. The Bertz CT molecular complexity index is 673. The van der Waals surface area contributed by atoms with Gasteiger partial charge in [0.1, 0.15) is 17.8 Å². The van der Waals surface area contributed by atoms with Crippen molar-refractivity contribution in [1.29, 1.82) is 0 Å². The van der Waals surface area contributed by atoms with Crippen molar-refractivity contribution in [3.8, 4) is 5.75 Å². The second kappa shape index (κ2) is 10.7. The smallest absolute Gasteiger partial charge is 0.326 e. The lowest BCUT2D eigenvalue weighted by Crippen LogP contribution is -2.56. The topological polar surface area (TPSA) is 142 Å². The summed E-state index contributed by atoms with van der Waals surface area (Å²) >= 11 is 0. The molecule has 0 radical (unpaired) electrons. The third-order valence-corrected chi connectivity index (χ3v) is 4.30. The molecule has 0 aliphatic carbocycles. The number of carbonyl (C=O) groups is 3. The Kier molecular flexibility index (Phi) is 8.91. The summed E-state index contributed by atoms with van der Waals surface area (Å²) in [4.78, 5) is 36.5. The van der Waals surface area contributed by atoms with Crippen LogP contribution in [0.1, 0.15) is 39.7 Å². The van der Waals surface area contributed by atoms with Crippen LogP contribution in [0, 0.1) is 11.8 Å². The van der Waals surface area contributed by atoms with Crippen LogP contribution in [0.2, 0.25) is 0 Å². The molecule has 0 aromatic heterocycles. The number of carboxylic acids is 1. The summed E-state index contributed by atoms with van der Waals surface area (Å²) in [7, 11) is 0. The lowest BCUT2D eigenvalue weighted by atomic mass is 9.99. The third kappa shape index (κ3) is 7.56. The third-order valence-electron chi connectivity index (χ3n) is 4.30. The van der Waals surface area contributed by atoms with E-state index in [-0.39, 0.29) is 24.0 Å². The fourth-order valence-electron chi connectivity index (χ4n) is 2.74. The number of hydrogen-bond donors (Lipinski definition) is 5. The quantitative estimate of drug-likeness (QED) is 0.402. The monoisotopic (exact) mass is 393 g/mol. The molecule has 3 unspecified atom stereocenters. The van der Waals surface area contributed by atoms with E-state index in [1.807, 2.05) is 13.8 Å². The molecule has 1 rings (SSSR count). The fourth-order valence-corrected chi connectivity index (χ4v) is 2.74. The number of amides is 2. The molecule has 0 bridgehead atoms. The first kappa shape index (κ1) is 23.4. The van der Waals surface area contributed by atoms with E-state index in [0.29, 0.717) is 12.0 Å². The summed E-state index contributed by atoms with van der Waals surface area (Å²) < 4.78 is 0. The van der Waals surface area contributed by atoms with Crippen molar-refractivity contribution in [3.63, 3.8) is 0 Å². The van der Waals surface area contributed by atoms with Gasteiger partial charge in [-0.25, -0.2) is 4.79 Å². The standard InChI is InChI=1S/C20H31N3O5/c1-11(2)9-15(21)18(25)23-17(12(3)4)19(26)22-16(20(27)28)10-13-5-7-14(24)8-6-13/h5-8,11-12,15-17,24H,9-10,21H2,1-4H3,(H,22,26)(H,23,25)(H,27,28). The summed E-state index contributed by atoms with van der Waals surface area (Å²) in [6, 6.07) is 3.27. The second-order valence-corrected chi connectivity index (χ2v) is 7.74. The zero-order valence-corrected chi connectivity index (χ0v) is 16.8. The Morgan fingerprint density at radius 1 is 1.00 bits per heavy atom. The first-order valence-electron chi connectivity index (χ1n) is 9.38. The summed E-state index contributed by atoms with van der Waals surface area (Å²) in [6.45, 7) is 7.41. The molecule has 8 nitrogen and oxygen atoms in total. The molecular formula is C20H31N3O5. The van der Waals surface area contributed by atoms with Crippen LogP contribution in [-0.2, 0) is 20.8 Å². The summed E-state index contributed by atoms with van der Waals surface area (Å²) in [6.07, 6.45) is 0.532. The van der Waals surface area contributed by atoms with E-state index < -0.39 is 35.9 Å². The van der Waals surface area contributed by atoms with Gasteiger partial charge in [-0.3, -0.25) is 9.59 Å². The number of phenols is 1. The zero-order chi connectivity index (χ0) is 21.4. The van der Waals surface area contributed by atoms with Crippen LogP contribution < -0.4 is 16.4 Å². The molecule has 3 atom stereocenters. The minimum atomic E-state index is -1.19. The molecular weight excluding hydrogens is 362 g/mol. The number of aromatic hydroxyl groups is 1. The summed E-state index contributed by atoms with van der Waals surface area (Å²) in [5.41, 5.74) is 6.52. The van der Waals surface area contributed by atoms with Crippen LogP contribution >= 0.6 is 0 Å². The molecule has 0 saturated heterocycles. The molecule has 1 aromatic rings. The average molecular weight is 393 g/mol. The molecule has 0 aliphatic heterocycles. The van der Waals surface area contributed by atoms with Gasteiger partial charge in [0.15, 0.2) is 0 Å². The average Bonchev–Trinajstić information content (AvgIpc) is 2.59. The molecule has 156 valence electrons. The molecule has 0 fully saturated rings. The van der Waals surface area contributed by atoms with E-state index in [0.717, 1.165) is 0 Å². The number of carbonyl (C=O) groups excluding carboxylic acids is 2. The van der Waals surface area contributed by atoms with Gasteiger partial charge in [-0.1, -0.05) is 39.8 Å². The number of rotatable bonds is 10. The van der Waals surface area contributed by atoms with Gasteiger partial charge in [-0.15, -0.1) is 0 Å². The minimum absolute atomic E-state index is 0.0486. The molecule has 28 heavy (non-hydrogen) atoms. The lowest BCUT2D eigenvalue weighted by Gasteiger charge is -2.25. The number of benzene rings is 1. The highest BCUT2D eigenvalue weighted by atomic mass is 16.4. The molecule has 0 spiro atoms. The molecule has 2 amide bonds. The Morgan fingerprint density at radius 3 is 2.04 bits per heavy atom. The molecule has 0 saturated carbocycles. The van der Waals surface area contributed by atoms with Gasteiger partial charge in [-0.05, 0) is 36.0 Å². The van der Waals surface area contributed by atoms with Gasteiger partial charge in [0, 0.05) is 6.42 Å². The van der Waals surface area contributed by atoms with Crippen LogP contribution in [0.3, 0.4) is 0 Å². The number of hydrogen-bond acceptors (Lipinski definition) is 5. The predicted octanol–water partition coefficient (Wildman–Crippen LogP) is 1.02. The Balaban J connectivity index is 2.82. The number of aliphatic carboxylic acids is 1. The lowest BCUT2D eigenvalue weighted by molar-refractivity contribution is -0.142. The predicted molar refractivity (Wildman–Crippen MR) is 106 cm³/mol. The highest BCUT2D eigenvalue weighted by Gasteiger charge is 2.30. The Labute approximate surface area is 165 Å². The SMILES string of the molecule is CC(C)CC(N)C(=O)NC(C(=O)NC(Cc1ccc(O)cc1)C(=O)O)C(C)C. The fraction of sp³-hybridized carbons (Fsp3) is 0.550. The van der Waals surface area contributed by atoms with Gasteiger partial charge in [0.05, 0.1) is 6.04 Å². The summed E-state index contributed by atoms with van der Waals surface area (Å²) in [5, 5.41) is 23.9. The van der Waals surface area contributed by atoms with E-state index in [9.17, 15) is 24.6 Å². The molecule has 8 heteroatoms. The van der Waals surface area contributed by atoms with Gasteiger partial charge in [0.2, 0.25) is 11.8 Å². The molecule has 0 heterocycles. The first-order valence-corrected chi connectivity index (χ1v) is 9.38. The zero-order valence-electron chi connectivity index (χ0n) is 16.8.